The first-order valence-electron chi connectivity index (χ1n) is 6.90. The minimum Gasteiger partial charge on any atom is -0.496 e. The van der Waals surface area contributed by atoms with Crippen molar-refractivity contribution in [2.75, 3.05) is 7.11 Å². The fraction of sp³-hybridized carbons (Fsp3) is 0.294. The van der Waals surface area contributed by atoms with E-state index in [1.165, 1.54) is 11.3 Å². The molecule has 0 aliphatic rings. The summed E-state index contributed by atoms with van der Waals surface area (Å²) >= 11 is 1.35. The van der Waals surface area contributed by atoms with Crippen molar-refractivity contribution >= 4 is 39.3 Å². The van der Waals surface area contributed by atoms with Gasteiger partial charge in [-0.15, -0.1) is 11.3 Å². The summed E-state index contributed by atoms with van der Waals surface area (Å²) in [7, 11) is 1.59. The summed E-state index contributed by atoms with van der Waals surface area (Å²) in [5.74, 6) is -1.68. The van der Waals surface area contributed by atoms with Gasteiger partial charge < -0.3 is 9.84 Å². The largest absolute Gasteiger partial charge is 0.496 e. The Labute approximate surface area is 133 Å². The van der Waals surface area contributed by atoms with Crippen LogP contribution in [0.4, 0.5) is 0 Å². The molecular weight excluding hydrogens is 300 g/mol. The van der Waals surface area contributed by atoms with E-state index in [4.69, 9.17) is 9.84 Å². The molecule has 1 N–H and O–H groups in total. The van der Waals surface area contributed by atoms with Gasteiger partial charge in [0.25, 0.3) is 0 Å². The molecule has 1 heterocycles. The number of thiophene rings is 1. The second-order valence-electron chi connectivity index (χ2n) is 5.23. The van der Waals surface area contributed by atoms with Crippen LogP contribution in [-0.4, -0.2) is 24.0 Å². The minimum atomic E-state index is -0.961. The van der Waals surface area contributed by atoms with Gasteiger partial charge in [-0.05, 0) is 23.6 Å². The van der Waals surface area contributed by atoms with E-state index < -0.39 is 17.8 Å². The van der Waals surface area contributed by atoms with Crippen LogP contribution in [0.3, 0.4) is 0 Å². The molecule has 1 unspecified atom stereocenters. The molecule has 0 radical (unpaired) electrons. The van der Waals surface area contributed by atoms with E-state index in [2.05, 4.69) is 6.58 Å². The summed E-state index contributed by atoms with van der Waals surface area (Å²) in [4.78, 5) is 24.1. The van der Waals surface area contributed by atoms with Gasteiger partial charge in [-0.2, -0.15) is 0 Å². The van der Waals surface area contributed by atoms with Crippen molar-refractivity contribution in [1.82, 2.24) is 0 Å². The van der Waals surface area contributed by atoms with Crippen LogP contribution in [0.2, 0.25) is 0 Å². The van der Waals surface area contributed by atoms with Crippen LogP contribution >= 0.6 is 11.3 Å². The highest BCUT2D eigenvalue weighted by molar-refractivity contribution is 7.20. The van der Waals surface area contributed by atoms with Gasteiger partial charge in [-0.1, -0.05) is 26.5 Å². The van der Waals surface area contributed by atoms with Gasteiger partial charge in [-0.3, -0.25) is 9.59 Å². The van der Waals surface area contributed by atoms with Crippen molar-refractivity contribution in [2.45, 2.75) is 13.8 Å². The second-order valence-corrected chi connectivity index (χ2v) is 6.31. The third-order valence-electron chi connectivity index (χ3n) is 3.88. The van der Waals surface area contributed by atoms with Crippen molar-refractivity contribution in [2.24, 2.45) is 11.8 Å². The van der Waals surface area contributed by atoms with E-state index in [1.54, 1.807) is 33.1 Å². The molecule has 0 aliphatic heterocycles. The van der Waals surface area contributed by atoms with E-state index in [9.17, 15) is 9.59 Å². The highest BCUT2D eigenvalue weighted by atomic mass is 32.1. The number of carbonyl (C=O) groups is 2. The Morgan fingerprint density at radius 2 is 1.95 bits per heavy atom. The average Bonchev–Trinajstić information content (AvgIpc) is 2.93. The number of hydrogen-bond acceptors (Lipinski definition) is 4. The molecule has 0 spiro atoms. The van der Waals surface area contributed by atoms with Crippen LogP contribution < -0.4 is 4.74 Å². The Hall–Kier alpha value is -2.14. The number of Topliss-reactive ketones (excluding diaryl/α,β-unsaturated/α-hetero) is 1. The quantitative estimate of drug-likeness (QED) is 0.815. The first-order chi connectivity index (χ1) is 10.4. The highest BCUT2D eigenvalue weighted by Crippen LogP contribution is 2.34. The van der Waals surface area contributed by atoms with Crippen LogP contribution in [0.25, 0.3) is 16.2 Å². The highest BCUT2D eigenvalue weighted by Gasteiger charge is 2.27. The Morgan fingerprint density at radius 3 is 2.50 bits per heavy atom. The number of rotatable bonds is 6. The number of ether oxygens (including phenoxy) is 1. The molecule has 0 fully saturated rings. The Morgan fingerprint density at radius 1 is 1.27 bits per heavy atom. The monoisotopic (exact) mass is 318 g/mol. The van der Waals surface area contributed by atoms with Gasteiger partial charge in [0.2, 0.25) is 0 Å². The molecule has 0 amide bonds. The fourth-order valence-electron chi connectivity index (χ4n) is 2.21. The lowest BCUT2D eigenvalue weighted by Gasteiger charge is -2.13. The molecule has 116 valence electrons. The molecule has 5 heteroatoms. The van der Waals surface area contributed by atoms with Crippen LogP contribution in [0.5, 0.6) is 5.75 Å². The molecule has 22 heavy (non-hydrogen) atoms. The molecule has 1 aromatic carbocycles. The van der Waals surface area contributed by atoms with Crippen molar-refractivity contribution in [3.63, 3.8) is 0 Å². The average molecular weight is 318 g/mol. The second kappa shape index (κ2) is 6.32. The number of aliphatic carboxylic acids is 1. The Bertz CT molecular complexity index is 744. The number of hydrogen-bond donors (Lipinski definition) is 1. The zero-order chi connectivity index (χ0) is 16.4. The van der Waals surface area contributed by atoms with Gasteiger partial charge >= 0.3 is 5.97 Å². The van der Waals surface area contributed by atoms with Gasteiger partial charge in [0, 0.05) is 16.2 Å². The van der Waals surface area contributed by atoms with Gasteiger partial charge in [0.1, 0.15) is 5.75 Å². The minimum absolute atomic E-state index is 0.143. The zero-order valence-electron chi connectivity index (χ0n) is 12.8. The van der Waals surface area contributed by atoms with Crippen molar-refractivity contribution in [3.05, 3.63) is 35.2 Å². The fourth-order valence-corrected chi connectivity index (χ4v) is 3.32. The summed E-state index contributed by atoms with van der Waals surface area (Å²) in [6.45, 7) is 6.96. The first-order valence-corrected chi connectivity index (χ1v) is 7.71. The maximum Gasteiger partial charge on any atom is 0.306 e. The summed E-state index contributed by atoms with van der Waals surface area (Å²) in [5.41, 5.74) is 0.860. The summed E-state index contributed by atoms with van der Waals surface area (Å²) in [6.07, 6.45) is 1.70. The molecule has 2 atom stereocenters. The number of methoxy groups -OCH3 is 1. The van der Waals surface area contributed by atoms with Gasteiger partial charge in [-0.25, -0.2) is 0 Å². The normalized spacial score (nSPS) is 13.6. The van der Waals surface area contributed by atoms with E-state index in [0.29, 0.717) is 10.6 Å². The number of fused-ring (bicyclic) bond motifs is 1. The molecule has 1 aromatic heterocycles. The lowest BCUT2D eigenvalue weighted by molar-refractivity contribution is -0.142. The maximum absolute atomic E-state index is 12.5. The molecule has 0 saturated carbocycles. The van der Waals surface area contributed by atoms with E-state index >= 15 is 0 Å². The van der Waals surface area contributed by atoms with Crippen LogP contribution in [0.15, 0.2) is 24.8 Å². The molecular formula is C17H18O4S. The van der Waals surface area contributed by atoms with Crippen LogP contribution in [0, 0.1) is 11.8 Å². The predicted octanol–water partition coefficient (Wildman–Crippen LogP) is 4.09. The smallest absolute Gasteiger partial charge is 0.306 e. The number of carboxylic acids is 1. The topological polar surface area (TPSA) is 63.6 Å². The van der Waals surface area contributed by atoms with E-state index in [-0.39, 0.29) is 5.78 Å². The molecule has 0 saturated heterocycles. The Balaban J connectivity index is 2.43. The van der Waals surface area contributed by atoms with Crippen molar-refractivity contribution < 1.29 is 19.4 Å². The summed E-state index contributed by atoms with van der Waals surface area (Å²) < 4.78 is 6.24. The third kappa shape index (κ3) is 2.90. The number of carbonyl (C=O) groups excluding carboxylic acids is 1. The zero-order valence-corrected chi connectivity index (χ0v) is 13.6. The molecule has 4 nitrogen and oxygen atoms in total. The number of ketones is 1. The van der Waals surface area contributed by atoms with Gasteiger partial charge in [0.15, 0.2) is 5.78 Å². The summed E-state index contributed by atoms with van der Waals surface area (Å²) in [6, 6.07) is 5.60. The first kappa shape index (κ1) is 16.2. The van der Waals surface area contributed by atoms with E-state index in [0.717, 1.165) is 15.6 Å². The maximum atomic E-state index is 12.5. The lowest BCUT2D eigenvalue weighted by Crippen LogP contribution is -2.24. The van der Waals surface area contributed by atoms with Crippen molar-refractivity contribution in [1.29, 1.82) is 0 Å². The van der Waals surface area contributed by atoms with Crippen LogP contribution in [-0.2, 0) is 4.79 Å². The van der Waals surface area contributed by atoms with Gasteiger partial charge in [0.05, 0.1) is 17.9 Å². The van der Waals surface area contributed by atoms with E-state index in [1.807, 2.05) is 12.1 Å². The van der Waals surface area contributed by atoms with Crippen molar-refractivity contribution in [3.8, 4) is 5.75 Å². The SMILES string of the molecule is C=Cc1cc2cc(C(=O)C(C)[C@H](C)C(=O)O)sc2cc1OC. The Kier molecular flexibility index (Phi) is 4.66. The summed E-state index contributed by atoms with van der Waals surface area (Å²) in [5, 5.41) is 9.98. The molecule has 0 bridgehead atoms. The standard InChI is InChI=1S/C17H18O4S/c1-5-11-6-12-7-15(22-14(12)8-13(11)21-4)16(18)9(2)10(3)17(19)20/h5-10H,1H2,2-4H3,(H,19,20)/t9?,10-/m0/s1. The predicted molar refractivity (Wildman–Crippen MR) is 88.8 cm³/mol. The number of carboxylic acid groups (broad SMARTS) is 1. The lowest BCUT2D eigenvalue weighted by atomic mass is 9.91. The van der Waals surface area contributed by atoms with Crippen LogP contribution in [0.1, 0.15) is 29.1 Å². The molecule has 0 aliphatic carbocycles. The molecule has 2 aromatic rings. The number of benzene rings is 1. The molecule has 2 rings (SSSR count). The third-order valence-corrected chi connectivity index (χ3v) is 5.00.